The Bertz CT molecular complexity index is 958. The van der Waals surface area contributed by atoms with Gasteiger partial charge in [0.25, 0.3) is 11.6 Å². The number of carbonyl (C=O) groups excluding carboxylic acids is 2. The number of fused-ring (bicyclic) bond motifs is 1. The smallest absolute Gasteiger partial charge is 0.290 e. The van der Waals surface area contributed by atoms with Crippen molar-refractivity contribution in [1.82, 2.24) is 4.90 Å². The molecule has 7 heteroatoms. The first-order valence-corrected chi connectivity index (χ1v) is 9.31. The van der Waals surface area contributed by atoms with Crippen molar-refractivity contribution in [1.29, 1.82) is 0 Å². The van der Waals surface area contributed by atoms with Crippen molar-refractivity contribution in [3.8, 4) is 0 Å². The summed E-state index contributed by atoms with van der Waals surface area (Å²) in [6.07, 6.45) is 1.01. The van der Waals surface area contributed by atoms with E-state index in [1.165, 1.54) is 11.0 Å². The van der Waals surface area contributed by atoms with Gasteiger partial charge in [-0.3, -0.25) is 19.7 Å². The van der Waals surface area contributed by atoms with Gasteiger partial charge in [0, 0.05) is 36.6 Å². The van der Waals surface area contributed by atoms with Crippen molar-refractivity contribution >= 4 is 17.4 Å². The Morgan fingerprint density at radius 3 is 2.61 bits per heavy atom. The third-order valence-electron chi connectivity index (χ3n) is 5.19. The number of nitro benzene ring substituents is 1. The van der Waals surface area contributed by atoms with E-state index in [9.17, 15) is 19.7 Å². The highest BCUT2D eigenvalue weighted by atomic mass is 16.6. The summed E-state index contributed by atoms with van der Waals surface area (Å²) in [7, 11) is 0. The molecule has 1 aliphatic carbocycles. The Balaban J connectivity index is 1.93. The number of carbonyl (C=O) groups is 2. The second-order valence-corrected chi connectivity index (χ2v) is 8.00. The zero-order chi connectivity index (χ0) is 20.6. The third kappa shape index (κ3) is 3.56. The Morgan fingerprint density at radius 2 is 1.96 bits per heavy atom. The van der Waals surface area contributed by atoms with Crippen molar-refractivity contribution in [2.45, 2.75) is 47.1 Å². The van der Waals surface area contributed by atoms with Crippen LogP contribution in [-0.4, -0.2) is 28.1 Å². The molecular weight excluding hydrogens is 360 g/mol. The summed E-state index contributed by atoms with van der Waals surface area (Å²) in [4.78, 5) is 38.0. The van der Waals surface area contributed by atoms with Gasteiger partial charge in [-0.25, -0.2) is 0 Å². The van der Waals surface area contributed by atoms with Crippen LogP contribution in [0.5, 0.6) is 0 Å². The second-order valence-electron chi connectivity index (χ2n) is 8.00. The van der Waals surface area contributed by atoms with Gasteiger partial charge >= 0.3 is 0 Å². The maximum absolute atomic E-state index is 13.1. The van der Waals surface area contributed by atoms with Crippen LogP contribution in [0.4, 0.5) is 5.69 Å². The van der Waals surface area contributed by atoms with Crippen LogP contribution in [0.1, 0.15) is 65.0 Å². The fourth-order valence-corrected chi connectivity index (χ4v) is 3.79. The molecule has 28 heavy (non-hydrogen) atoms. The maximum atomic E-state index is 13.1. The molecule has 1 aliphatic rings. The number of nitro groups is 1. The van der Waals surface area contributed by atoms with Crippen LogP contribution in [0.15, 0.2) is 28.7 Å². The molecule has 0 spiro atoms. The number of nitrogens with zero attached hydrogens (tertiary/aromatic N) is 2. The molecule has 0 saturated carbocycles. The van der Waals surface area contributed by atoms with Gasteiger partial charge in [0.1, 0.15) is 5.76 Å². The van der Waals surface area contributed by atoms with Crippen LogP contribution in [0.25, 0.3) is 0 Å². The average molecular weight is 384 g/mol. The Morgan fingerprint density at radius 1 is 1.29 bits per heavy atom. The minimum Gasteiger partial charge on any atom is -0.455 e. The number of ketones is 1. The number of hydrogen-bond donors (Lipinski definition) is 0. The van der Waals surface area contributed by atoms with E-state index in [1.807, 2.05) is 13.8 Å². The van der Waals surface area contributed by atoms with Gasteiger partial charge in [0.2, 0.25) is 0 Å². The van der Waals surface area contributed by atoms with E-state index in [1.54, 1.807) is 32.0 Å². The molecule has 0 bridgehead atoms. The quantitative estimate of drug-likeness (QED) is 0.565. The average Bonchev–Trinajstić information content (AvgIpc) is 2.94. The van der Waals surface area contributed by atoms with Gasteiger partial charge in [0.15, 0.2) is 11.5 Å². The third-order valence-corrected chi connectivity index (χ3v) is 5.19. The molecule has 3 rings (SSSR count). The number of furan rings is 1. The summed E-state index contributed by atoms with van der Waals surface area (Å²) in [6.45, 7) is 7.98. The predicted octanol–water partition coefficient (Wildman–Crippen LogP) is 4.31. The van der Waals surface area contributed by atoms with Gasteiger partial charge < -0.3 is 9.32 Å². The van der Waals surface area contributed by atoms with Crippen molar-refractivity contribution < 1.29 is 18.9 Å². The molecule has 0 atom stereocenters. The van der Waals surface area contributed by atoms with E-state index < -0.39 is 4.92 Å². The van der Waals surface area contributed by atoms with Crippen LogP contribution in [0.2, 0.25) is 0 Å². The van der Waals surface area contributed by atoms with E-state index in [0.29, 0.717) is 41.8 Å². The largest absolute Gasteiger partial charge is 0.455 e. The van der Waals surface area contributed by atoms with Gasteiger partial charge in [-0.2, -0.15) is 0 Å². The molecule has 1 aromatic carbocycles. The van der Waals surface area contributed by atoms with Crippen molar-refractivity contribution in [2.24, 2.45) is 5.41 Å². The standard InChI is InChI=1S/C21H24N2O5/c1-5-22(12-14-8-6-7-9-15(14)23(26)27)20(25)19-13(2)18-16(24)10-21(3,4)11-17(18)28-19/h6-9H,5,10-12H2,1-4H3. The molecule has 1 aromatic heterocycles. The van der Waals surface area contributed by atoms with E-state index in [4.69, 9.17) is 4.42 Å². The molecule has 1 amide bonds. The SMILES string of the molecule is CCN(Cc1ccccc1[N+](=O)[O-])C(=O)c1oc2c(c1C)C(=O)CC(C)(C)C2. The molecule has 0 unspecified atom stereocenters. The van der Waals surface area contributed by atoms with E-state index in [0.717, 1.165) is 0 Å². The van der Waals surface area contributed by atoms with Crippen LogP contribution in [-0.2, 0) is 13.0 Å². The van der Waals surface area contributed by atoms with Gasteiger partial charge in [-0.1, -0.05) is 32.0 Å². The monoisotopic (exact) mass is 384 g/mol. The normalized spacial score (nSPS) is 15.2. The maximum Gasteiger partial charge on any atom is 0.290 e. The van der Waals surface area contributed by atoms with Gasteiger partial charge in [-0.15, -0.1) is 0 Å². The molecule has 0 saturated heterocycles. The fraction of sp³-hybridized carbons (Fsp3) is 0.429. The molecule has 0 radical (unpaired) electrons. The molecule has 7 nitrogen and oxygen atoms in total. The topological polar surface area (TPSA) is 93.7 Å². The van der Waals surface area contributed by atoms with Gasteiger partial charge in [-0.05, 0) is 19.3 Å². The summed E-state index contributed by atoms with van der Waals surface area (Å²) < 4.78 is 5.86. The lowest BCUT2D eigenvalue weighted by Crippen LogP contribution is -2.30. The highest BCUT2D eigenvalue weighted by Gasteiger charge is 2.37. The second kappa shape index (κ2) is 7.22. The highest BCUT2D eigenvalue weighted by molar-refractivity contribution is 6.03. The molecule has 0 aliphatic heterocycles. The molecule has 2 aromatic rings. The summed E-state index contributed by atoms with van der Waals surface area (Å²) in [5.74, 6) is 0.340. The Kier molecular flexibility index (Phi) is 5.10. The van der Waals surface area contributed by atoms with Crippen LogP contribution < -0.4 is 0 Å². The summed E-state index contributed by atoms with van der Waals surface area (Å²) >= 11 is 0. The highest BCUT2D eigenvalue weighted by Crippen LogP contribution is 2.38. The first kappa shape index (κ1) is 19.8. The van der Waals surface area contributed by atoms with Crippen LogP contribution in [0, 0.1) is 22.5 Å². The van der Waals surface area contributed by atoms with Crippen molar-refractivity contribution in [3.05, 3.63) is 62.6 Å². The van der Waals surface area contributed by atoms with Crippen molar-refractivity contribution in [3.63, 3.8) is 0 Å². The number of hydrogen-bond acceptors (Lipinski definition) is 5. The minimum atomic E-state index is -0.453. The number of amides is 1. The van der Waals surface area contributed by atoms with Crippen LogP contribution in [0.3, 0.4) is 0 Å². The zero-order valence-electron chi connectivity index (χ0n) is 16.6. The first-order chi connectivity index (χ1) is 13.1. The molecule has 148 valence electrons. The van der Waals surface area contributed by atoms with Crippen LogP contribution >= 0.6 is 0 Å². The van der Waals surface area contributed by atoms with Gasteiger partial charge in [0.05, 0.1) is 17.0 Å². The molecule has 1 heterocycles. The lowest BCUT2D eigenvalue weighted by molar-refractivity contribution is -0.385. The molecule has 0 fully saturated rings. The lowest BCUT2D eigenvalue weighted by Gasteiger charge is -2.27. The minimum absolute atomic E-state index is 0.00621. The summed E-state index contributed by atoms with van der Waals surface area (Å²) in [6, 6.07) is 6.36. The number of rotatable bonds is 5. The Labute approximate surface area is 163 Å². The lowest BCUT2D eigenvalue weighted by atomic mass is 9.76. The first-order valence-electron chi connectivity index (χ1n) is 9.31. The number of benzene rings is 1. The number of Topliss-reactive ketones (excluding diaryl/α,β-unsaturated/α-hetero) is 1. The van der Waals surface area contributed by atoms with E-state index >= 15 is 0 Å². The number of para-hydroxylation sites is 1. The fourth-order valence-electron chi connectivity index (χ4n) is 3.79. The molecular formula is C21H24N2O5. The summed E-state index contributed by atoms with van der Waals surface area (Å²) in [5.41, 5.74) is 1.30. The molecule has 0 N–H and O–H groups in total. The van der Waals surface area contributed by atoms with E-state index in [2.05, 4.69) is 0 Å². The Hall–Kier alpha value is -2.96. The van der Waals surface area contributed by atoms with E-state index in [-0.39, 0.29) is 35.1 Å². The zero-order valence-corrected chi connectivity index (χ0v) is 16.6. The summed E-state index contributed by atoms with van der Waals surface area (Å²) in [5, 5.41) is 11.3. The van der Waals surface area contributed by atoms with Crippen molar-refractivity contribution in [2.75, 3.05) is 6.54 Å². The predicted molar refractivity (Wildman–Crippen MR) is 103 cm³/mol.